The Bertz CT molecular complexity index is 957. The average molecular weight is 311 g/mol. The predicted octanol–water partition coefficient (Wildman–Crippen LogP) is 2.21. The topological polar surface area (TPSA) is 85.5 Å². The Morgan fingerprint density at radius 1 is 0.957 bits per heavy atom. The number of rotatable bonds is 2. The van der Waals surface area contributed by atoms with Crippen LogP contribution in [0.2, 0.25) is 0 Å². The third-order valence-electron chi connectivity index (χ3n) is 3.66. The van der Waals surface area contributed by atoms with Gasteiger partial charge in [0.05, 0.1) is 30.9 Å². The highest BCUT2D eigenvalue weighted by molar-refractivity contribution is 6.21. The summed E-state index contributed by atoms with van der Waals surface area (Å²) >= 11 is 0. The molecular weight excluding hydrogens is 298 g/mol. The molecule has 2 aliphatic carbocycles. The molecule has 2 aliphatic rings. The number of ether oxygens (including phenoxy) is 2. The van der Waals surface area contributed by atoms with E-state index in [9.17, 15) is 14.4 Å². The van der Waals surface area contributed by atoms with Crippen LogP contribution in [0, 0.1) is 0 Å². The van der Waals surface area contributed by atoms with E-state index in [0.29, 0.717) is 16.5 Å². The van der Waals surface area contributed by atoms with Crippen molar-refractivity contribution in [2.24, 2.45) is 0 Å². The summed E-state index contributed by atoms with van der Waals surface area (Å²) in [6, 6.07) is 10.0. The van der Waals surface area contributed by atoms with E-state index in [0.717, 1.165) is 0 Å². The number of fused-ring (bicyclic) bond motifs is 3. The molecule has 0 radical (unpaired) electrons. The van der Waals surface area contributed by atoms with Gasteiger partial charge in [-0.3, -0.25) is 4.79 Å². The highest BCUT2D eigenvalue weighted by atomic mass is 16.5. The molecular formula is C17H13NO5. The number of methoxy groups -OCH3 is 2. The molecule has 0 amide bonds. The summed E-state index contributed by atoms with van der Waals surface area (Å²) in [7, 11) is 2.50. The van der Waals surface area contributed by atoms with Crippen LogP contribution in [0.5, 0.6) is 0 Å². The fourth-order valence-corrected chi connectivity index (χ4v) is 2.73. The molecule has 0 unspecified atom stereocenters. The molecule has 0 atom stereocenters. The van der Waals surface area contributed by atoms with Crippen molar-refractivity contribution in [3.8, 4) is 11.1 Å². The Kier molecular flexibility index (Phi) is 3.57. The first kappa shape index (κ1) is 14.8. The fraction of sp³-hybridized carbons (Fsp3) is 0.118. The minimum atomic E-state index is -0.643. The van der Waals surface area contributed by atoms with E-state index in [1.165, 1.54) is 20.3 Å². The highest BCUT2D eigenvalue weighted by Crippen LogP contribution is 2.39. The van der Waals surface area contributed by atoms with E-state index in [2.05, 4.69) is 4.98 Å². The summed E-state index contributed by atoms with van der Waals surface area (Å²) in [5, 5.41) is 0.461. The smallest absolute Gasteiger partial charge is 0.340 e. The fourth-order valence-electron chi connectivity index (χ4n) is 2.73. The van der Waals surface area contributed by atoms with Crippen LogP contribution in [0.25, 0.3) is 22.0 Å². The van der Waals surface area contributed by atoms with Crippen molar-refractivity contribution in [1.29, 1.82) is 0 Å². The van der Waals surface area contributed by atoms with Gasteiger partial charge in [0.15, 0.2) is 0 Å². The van der Waals surface area contributed by atoms with Gasteiger partial charge in [-0.05, 0) is 11.1 Å². The van der Waals surface area contributed by atoms with Crippen molar-refractivity contribution in [1.82, 2.24) is 4.98 Å². The summed E-state index contributed by atoms with van der Waals surface area (Å²) in [6.07, 6.45) is 0. The van der Waals surface area contributed by atoms with Gasteiger partial charge in [0.1, 0.15) is 0 Å². The number of esters is 2. The molecule has 23 heavy (non-hydrogen) atoms. The molecule has 6 heteroatoms. The Morgan fingerprint density at radius 2 is 1.61 bits per heavy atom. The summed E-state index contributed by atoms with van der Waals surface area (Å²) in [4.78, 5) is 38.8. The number of aromatic nitrogens is 1. The van der Waals surface area contributed by atoms with Crippen molar-refractivity contribution in [2.45, 2.75) is 0 Å². The third kappa shape index (κ3) is 2.24. The van der Waals surface area contributed by atoms with Gasteiger partial charge in [0, 0.05) is 11.5 Å². The number of carbonyl (C=O) groups excluding carboxylic acids is 2. The number of carbonyl (C=O) groups is 2. The normalized spacial score (nSPS) is 10.7. The highest BCUT2D eigenvalue weighted by Gasteiger charge is 2.27. The van der Waals surface area contributed by atoms with E-state index in [1.54, 1.807) is 30.3 Å². The van der Waals surface area contributed by atoms with E-state index < -0.39 is 17.5 Å². The Morgan fingerprint density at radius 3 is 2.26 bits per heavy atom. The van der Waals surface area contributed by atoms with Gasteiger partial charge in [-0.25, -0.2) is 9.59 Å². The predicted molar refractivity (Wildman–Crippen MR) is 83.9 cm³/mol. The molecule has 6 nitrogen and oxygen atoms in total. The van der Waals surface area contributed by atoms with E-state index in [1.807, 2.05) is 0 Å². The van der Waals surface area contributed by atoms with E-state index in [4.69, 9.17) is 9.47 Å². The first-order valence-corrected chi connectivity index (χ1v) is 6.83. The molecule has 0 saturated carbocycles. The van der Waals surface area contributed by atoms with Gasteiger partial charge < -0.3 is 14.5 Å². The van der Waals surface area contributed by atoms with Crippen LogP contribution in [0.15, 0.2) is 41.2 Å². The van der Waals surface area contributed by atoms with Crippen LogP contribution in [-0.2, 0) is 9.47 Å². The average Bonchev–Trinajstić information content (AvgIpc) is 2.70. The lowest BCUT2D eigenvalue weighted by Crippen LogP contribution is -2.12. The SMILES string of the molecule is COC(=O)c1c2cccccc-2c2c(C(=O)OC)cc(=O)[nH]c12. The van der Waals surface area contributed by atoms with Gasteiger partial charge in [-0.1, -0.05) is 30.3 Å². The molecule has 1 aromatic rings. The lowest BCUT2D eigenvalue weighted by atomic mass is 10.1. The monoisotopic (exact) mass is 311 g/mol. The zero-order valence-electron chi connectivity index (χ0n) is 12.5. The second-order valence-corrected chi connectivity index (χ2v) is 4.89. The van der Waals surface area contributed by atoms with Crippen molar-refractivity contribution in [3.63, 3.8) is 0 Å². The minimum Gasteiger partial charge on any atom is -0.465 e. The largest absolute Gasteiger partial charge is 0.465 e. The molecule has 0 aromatic carbocycles. The number of pyridine rings is 1. The van der Waals surface area contributed by atoms with Crippen LogP contribution < -0.4 is 5.56 Å². The maximum atomic E-state index is 12.2. The molecule has 116 valence electrons. The zero-order chi connectivity index (χ0) is 16.6. The van der Waals surface area contributed by atoms with Gasteiger partial charge in [-0.15, -0.1) is 0 Å². The van der Waals surface area contributed by atoms with Gasteiger partial charge in [-0.2, -0.15) is 0 Å². The number of nitrogens with one attached hydrogen (secondary N) is 1. The number of aromatic amines is 1. The summed E-state index contributed by atoms with van der Waals surface area (Å²) in [5.74, 6) is -1.23. The Balaban J connectivity index is 2.57. The molecule has 0 bridgehead atoms. The van der Waals surface area contributed by atoms with Crippen LogP contribution in [0.3, 0.4) is 0 Å². The molecule has 0 fully saturated rings. The minimum absolute atomic E-state index is 0.109. The van der Waals surface area contributed by atoms with Gasteiger partial charge in [0.25, 0.3) is 0 Å². The first-order valence-electron chi connectivity index (χ1n) is 6.83. The summed E-state index contributed by atoms with van der Waals surface area (Å²) in [5.41, 5.74) is 1.34. The second kappa shape index (κ2) is 5.57. The molecule has 1 aromatic heterocycles. The van der Waals surface area contributed by atoms with E-state index in [-0.39, 0.29) is 16.6 Å². The van der Waals surface area contributed by atoms with E-state index >= 15 is 0 Å². The second-order valence-electron chi connectivity index (χ2n) is 4.89. The Hall–Kier alpha value is -3.15. The standard InChI is InChI=1S/C17H13NO5/c1-22-16(20)11-8-12(19)18-15-13(11)9-6-4-3-5-7-10(9)14(15)17(21)23-2/h3-8H,1-2H3,(H,18,19). The summed E-state index contributed by atoms with van der Waals surface area (Å²) < 4.78 is 9.59. The molecule has 1 N–H and O–H groups in total. The Labute approximate surface area is 131 Å². The van der Waals surface area contributed by atoms with Crippen molar-refractivity contribution < 1.29 is 19.1 Å². The van der Waals surface area contributed by atoms with Crippen molar-refractivity contribution >= 4 is 22.8 Å². The van der Waals surface area contributed by atoms with Crippen LogP contribution in [0.4, 0.5) is 0 Å². The number of H-pyrrole nitrogens is 1. The molecule has 0 saturated heterocycles. The van der Waals surface area contributed by atoms with Crippen LogP contribution in [0.1, 0.15) is 20.7 Å². The van der Waals surface area contributed by atoms with Gasteiger partial charge in [0.2, 0.25) is 5.56 Å². The van der Waals surface area contributed by atoms with Crippen molar-refractivity contribution in [3.05, 3.63) is 57.9 Å². The van der Waals surface area contributed by atoms with Crippen LogP contribution >= 0.6 is 0 Å². The van der Waals surface area contributed by atoms with Crippen LogP contribution in [-0.4, -0.2) is 31.1 Å². The molecule has 1 heterocycles. The zero-order valence-corrected chi connectivity index (χ0v) is 12.5. The summed E-state index contributed by atoms with van der Waals surface area (Å²) in [6.45, 7) is 0. The molecule has 0 aliphatic heterocycles. The first-order chi connectivity index (χ1) is 11.1. The lowest BCUT2D eigenvalue weighted by molar-refractivity contribution is 0.0593. The van der Waals surface area contributed by atoms with Crippen molar-refractivity contribution in [2.75, 3.05) is 14.2 Å². The maximum absolute atomic E-state index is 12.2. The number of hydrogen-bond acceptors (Lipinski definition) is 5. The lowest BCUT2D eigenvalue weighted by Gasteiger charge is -2.02. The quantitative estimate of drug-likeness (QED) is 0.733. The molecule has 3 rings (SSSR count). The molecule has 0 spiro atoms. The third-order valence-corrected chi connectivity index (χ3v) is 3.66. The maximum Gasteiger partial charge on any atom is 0.340 e. The number of hydrogen-bond donors (Lipinski definition) is 1. The van der Waals surface area contributed by atoms with Gasteiger partial charge >= 0.3 is 11.9 Å².